The van der Waals surface area contributed by atoms with Crippen molar-refractivity contribution < 1.29 is 0 Å². The molecule has 4 fully saturated rings. The number of fused-ring (bicyclic) bond motifs is 5. The van der Waals surface area contributed by atoms with Gasteiger partial charge in [0.05, 0.1) is 0 Å². The van der Waals surface area contributed by atoms with Crippen LogP contribution in [-0.4, -0.2) is 0 Å². The van der Waals surface area contributed by atoms with Crippen LogP contribution in [0.3, 0.4) is 0 Å². The van der Waals surface area contributed by atoms with Crippen molar-refractivity contribution in [2.45, 2.75) is 118 Å². The van der Waals surface area contributed by atoms with E-state index in [1.54, 1.807) is 51.4 Å². The van der Waals surface area contributed by atoms with Crippen LogP contribution < -0.4 is 0 Å². The Morgan fingerprint density at radius 2 is 1.52 bits per heavy atom. The molecule has 0 saturated heterocycles. The van der Waals surface area contributed by atoms with E-state index in [1.807, 2.05) is 0 Å². The standard InChI is InChI=1S/C27H48/c1-19(2)9-8-10-20(3)23-14-15-24-22-13-12-21-11-6-7-17-26(21,4)25(22)16-18-27(23,24)5/h19-25H,6-18H2,1-5H3/t20-,21+,22+,23-,24-,25+,26+,27-/m1/s1. The summed E-state index contributed by atoms with van der Waals surface area (Å²) in [6.07, 6.45) is 19.9. The molecule has 0 nitrogen and oxygen atoms in total. The van der Waals surface area contributed by atoms with Crippen LogP contribution in [0.4, 0.5) is 0 Å². The van der Waals surface area contributed by atoms with Crippen molar-refractivity contribution in [2.75, 3.05) is 0 Å². The van der Waals surface area contributed by atoms with Crippen molar-refractivity contribution in [3.8, 4) is 0 Å². The van der Waals surface area contributed by atoms with Gasteiger partial charge in [-0.05, 0) is 104 Å². The van der Waals surface area contributed by atoms with E-state index in [-0.39, 0.29) is 0 Å². The topological polar surface area (TPSA) is 0 Å². The van der Waals surface area contributed by atoms with Crippen LogP contribution in [0.2, 0.25) is 0 Å². The predicted octanol–water partition coefficient (Wildman–Crippen LogP) is 8.50. The minimum Gasteiger partial charge on any atom is -0.0628 e. The second-order valence-corrected chi connectivity index (χ2v) is 12.4. The van der Waals surface area contributed by atoms with Gasteiger partial charge in [-0.3, -0.25) is 0 Å². The third-order valence-electron chi connectivity index (χ3n) is 10.8. The summed E-state index contributed by atoms with van der Waals surface area (Å²) in [5.74, 6) is 7.15. The Morgan fingerprint density at radius 3 is 2.30 bits per heavy atom. The Labute approximate surface area is 170 Å². The Balaban J connectivity index is 1.46. The van der Waals surface area contributed by atoms with E-state index in [2.05, 4.69) is 34.6 Å². The highest BCUT2D eigenvalue weighted by Gasteiger charge is 2.59. The van der Waals surface area contributed by atoms with Crippen LogP contribution in [-0.2, 0) is 0 Å². The lowest BCUT2D eigenvalue weighted by Gasteiger charge is -2.61. The molecule has 0 amide bonds. The third-order valence-corrected chi connectivity index (χ3v) is 10.8. The highest BCUT2D eigenvalue weighted by Crippen LogP contribution is 2.68. The first-order chi connectivity index (χ1) is 12.9. The van der Waals surface area contributed by atoms with Crippen molar-refractivity contribution in [3.63, 3.8) is 0 Å². The van der Waals surface area contributed by atoms with Crippen LogP contribution in [0.15, 0.2) is 0 Å². The molecule has 0 aromatic rings. The zero-order valence-electron chi connectivity index (χ0n) is 19.2. The molecule has 0 heteroatoms. The molecule has 0 aromatic carbocycles. The number of hydrogen-bond acceptors (Lipinski definition) is 0. The van der Waals surface area contributed by atoms with Crippen LogP contribution in [0.25, 0.3) is 0 Å². The van der Waals surface area contributed by atoms with Crippen LogP contribution in [0.5, 0.6) is 0 Å². The summed E-state index contributed by atoms with van der Waals surface area (Å²) in [4.78, 5) is 0. The summed E-state index contributed by atoms with van der Waals surface area (Å²) in [7, 11) is 0. The molecule has 27 heavy (non-hydrogen) atoms. The van der Waals surface area contributed by atoms with E-state index >= 15 is 0 Å². The van der Waals surface area contributed by atoms with Crippen molar-refractivity contribution in [1.29, 1.82) is 0 Å². The van der Waals surface area contributed by atoms with Gasteiger partial charge >= 0.3 is 0 Å². The average molecular weight is 373 g/mol. The smallest absolute Gasteiger partial charge is 0.0264 e. The molecule has 0 aromatic heterocycles. The Kier molecular flexibility index (Phi) is 5.77. The summed E-state index contributed by atoms with van der Waals surface area (Å²) in [6, 6.07) is 0. The predicted molar refractivity (Wildman–Crippen MR) is 118 cm³/mol. The maximum absolute atomic E-state index is 2.75. The average Bonchev–Trinajstić information content (AvgIpc) is 2.98. The quantitative estimate of drug-likeness (QED) is 0.453. The molecule has 0 N–H and O–H groups in total. The van der Waals surface area contributed by atoms with Crippen LogP contribution in [0.1, 0.15) is 118 Å². The van der Waals surface area contributed by atoms with E-state index in [4.69, 9.17) is 0 Å². The lowest BCUT2D eigenvalue weighted by atomic mass is 9.44. The normalized spacial score (nSPS) is 48.0. The fourth-order valence-corrected chi connectivity index (χ4v) is 9.32. The highest BCUT2D eigenvalue weighted by atomic mass is 14.6. The first kappa shape index (κ1) is 20.3. The van der Waals surface area contributed by atoms with Gasteiger partial charge in [-0.15, -0.1) is 0 Å². The Hall–Kier alpha value is 0. The van der Waals surface area contributed by atoms with Crippen molar-refractivity contribution in [2.24, 2.45) is 52.3 Å². The first-order valence-corrected chi connectivity index (χ1v) is 12.9. The summed E-state index contributed by atoms with van der Waals surface area (Å²) >= 11 is 0. The van der Waals surface area contributed by atoms with Crippen LogP contribution >= 0.6 is 0 Å². The summed E-state index contributed by atoms with van der Waals surface area (Å²) < 4.78 is 0. The summed E-state index contributed by atoms with van der Waals surface area (Å²) in [6.45, 7) is 12.9. The summed E-state index contributed by atoms with van der Waals surface area (Å²) in [5, 5.41) is 0. The van der Waals surface area contributed by atoms with E-state index in [0.717, 1.165) is 41.4 Å². The lowest BCUT2D eigenvalue weighted by molar-refractivity contribution is -0.114. The molecule has 0 bridgehead atoms. The van der Waals surface area contributed by atoms with Crippen molar-refractivity contribution in [3.05, 3.63) is 0 Å². The molecule has 0 radical (unpaired) electrons. The van der Waals surface area contributed by atoms with E-state index < -0.39 is 0 Å². The highest BCUT2D eigenvalue weighted by molar-refractivity contribution is 5.09. The van der Waals surface area contributed by atoms with Gasteiger partial charge < -0.3 is 0 Å². The zero-order valence-corrected chi connectivity index (χ0v) is 19.2. The Bertz CT molecular complexity index is 506. The van der Waals surface area contributed by atoms with Crippen molar-refractivity contribution >= 4 is 0 Å². The van der Waals surface area contributed by atoms with Crippen molar-refractivity contribution in [1.82, 2.24) is 0 Å². The van der Waals surface area contributed by atoms with Gasteiger partial charge in [0.1, 0.15) is 0 Å². The fraction of sp³-hybridized carbons (Fsp3) is 1.00. The molecular formula is C27H48. The molecule has 0 unspecified atom stereocenters. The van der Waals surface area contributed by atoms with Crippen LogP contribution in [0, 0.1) is 52.3 Å². The van der Waals surface area contributed by atoms with E-state index in [0.29, 0.717) is 10.8 Å². The number of rotatable bonds is 5. The molecule has 0 spiro atoms. The SMILES string of the molecule is CC(C)CCC[C@@H](C)[C@H]1CC[C@@H]2[C@@H]3CC[C@@H]4CCCC[C@]4(C)[C@H]3CC[C@@]21C. The van der Waals surface area contributed by atoms with Gasteiger partial charge in [0.15, 0.2) is 0 Å². The van der Waals surface area contributed by atoms with Gasteiger partial charge in [0.2, 0.25) is 0 Å². The molecule has 0 heterocycles. The largest absolute Gasteiger partial charge is 0.0628 e. The molecule has 4 aliphatic rings. The molecular weight excluding hydrogens is 324 g/mol. The zero-order chi connectivity index (χ0) is 19.2. The summed E-state index contributed by atoms with van der Waals surface area (Å²) in [5.41, 5.74) is 1.39. The van der Waals surface area contributed by atoms with Gasteiger partial charge in [0.25, 0.3) is 0 Å². The minimum absolute atomic E-state index is 0.677. The van der Waals surface area contributed by atoms with Gasteiger partial charge in [-0.1, -0.05) is 66.7 Å². The second-order valence-electron chi connectivity index (χ2n) is 12.4. The third kappa shape index (κ3) is 3.44. The fourth-order valence-electron chi connectivity index (χ4n) is 9.32. The molecule has 4 rings (SSSR count). The van der Waals surface area contributed by atoms with E-state index in [9.17, 15) is 0 Å². The monoisotopic (exact) mass is 372 g/mol. The Morgan fingerprint density at radius 1 is 0.741 bits per heavy atom. The maximum atomic E-state index is 2.75. The van der Waals surface area contributed by atoms with E-state index in [1.165, 1.54) is 32.1 Å². The first-order valence-electron chi connectivity index (χ1n) is 12.9. The molecule has 4 saturated carbocycles. The minimum atomic E-state index is 0.677. The van der Waals surface area contributed by atoms with Gasteiger partial charge in [0, 0.05) is 0 Å². The lowest BCUT2D eigenvalue weighted by Crippen LogP contribution is -2.53. The molecule has 4 aliphatic carbocycles. The maximum Gasteiger partial charge on any atom is -0.0264 e. The molecule has 0 aliphatic heterocycles. The van der Waals surface area contributed by atoms with Gasteiger partial charge in [-0.25, -0.2) is 0 Å². The number of hydrogen-bond donors (Lipinski definition) is 0. The molecule has 8 atom stereocenters. The second kappa shape index (κ2) is 7.68. The molecule has 156 valence electrons. The van der Waals surface area contributed by atoms with Gasteiger partial charge in [-0.2, -0.15) is 0 Å².